The van der Waals surface area contributed by atoms with Crippen LogP contribution in [-0.4, -0.2) is 39.5 Å². The summed E-state index contributed by atoms with van der Waals surface area (Å²) >= 11 is 0. The molecule has 0 saturated carbocycles. The van der Waals surface area contributed by atoms with Crippen LogP contribution in [0.1, 0.15) is 37.8 Å². The van der Waals surface area contributed by atoms with Crippen LogP contribution < -0.4 is 10.0 Å². The zero-order valence-corrected chi connectivity index (χ0v) is 15.3. The molecule has 0 fully saturated rings. The lowest BCUT2D eigenvalue weighted by molar-refractivity contribution is -0.153. The summed E-state index contributed by atoms with van der Waals surface area (Å²) in [7, 11) is -3.81. The lowest BCUT2D eigenvalue weighted by atomic mass is 9.92. The second kappa shape index (κ2) is 8.44. The standard InChI is InChI=1S/C17H24N2O5S/c1-3-18-17(21)12(2)24-16(20)11-19-25(22,23)15-9-8-13-6-4-5-7-14(13)10-15/h8-10,12,19H,3-7,11H2,1-2H3,(H,18,21)/t12-/m1/s1. The normalized spacial score (nSPS) is 15.1. The molecule has 0 saturated heterocycles. The number of sulfonamides is 1. The number of carbonyl (C=O) groups is 2. The summed E-state index contributed by atoms with van der Waals surface area (Å²) in [5.74, 6) is -1.23. The molecule has 1 aliphatic carbocycles. The van der Waals surface area contributed by atoms with Crippen molar-refractivity contribution >= 4 is 21.9 Å². The van der Waals surface area contributed by atoms with Gasteiger partial charge in [0.1, 0.15) is 6.54 Å². The van der Waals surface area contributed by atoms with Crippen molar-refractivity contribution in [3.05, 3.63) is 29.3 Å². The third-order valence-corrected chi connectivity index (χ3v) is 5.46. The van der Waals surface area contributed by atoms with E-state index in [1.165, 1.54) is 12.5 Å². The molecule has 0 unspecified atom stereocenters. The zero-order valence-electron chi connectivity index (χ0n) is 14.5. The predicted molar refractivity (Wildman–Crippen MR) is 92.5 cm³/mol. The van der Waals surface area contributed by atoms with Crippen molar-refractivity contribution in [2.24, 2.45) is 0 Å². The van der Waals surface area contributed by atoms with Gasteiger partial charge in [-0.2, -0.15) is 4.72 Å². The third kappa shape index (κ3) is 5.27. The molecule has 1 aliphatic rings. The van der Waals surface area contributed by atoms with Crippen molar-refractivity contribution in [3.63, 3.8) is 0 Å². The molecule has 138 valence electrons. The molecular formula is C17H24N2O5S. The van der Waals surface area contributed by atoms with Gasteiger partial charge in [-0.25, -0.2) is 8.42 Å². The van der Waals surface area contributed by atoms with E-state index in [0.29, 0.717) is 6.54 Å². The maximum Gasteiger partial charge on any atom is 0.321 e. The van der Waals surface area contributed by atoms with Gasteiger partial charge in [-0.05, 0) is 62.8 Å². The van der Waals surface area contributed by atoms with Gasteiger partial charge in [0, 0.05) is 6.54 Å². The van der Waals surface area contributed by atoms with Crippen molar-refractivity contribution in [2.45, 2.75) is 50.5 Å². The number of benzene rings is 1. The molecule has 1 amide bonds. The van der Waals surface area contributed by atoms with Crippen LogP contribution in [0.15, 0.2) is 23.1 Å². The largest absolute Gasteiger partial charge is 0.452 e. The van der Waals surface area contributed by atoms with E-state index in [9.17, 15) is 18.0 Å². The van der Waals surface area contributed by atoms with Gasteiger partial charge in [0.15, 0.2) is 6.10 Å². The van der Waals surface area contributed by atoms with E-state index < -0.39 is 34.5 Å². The Hall–Kier alpha value is -1.93. The highest BCUT2D eigenvalue weighted by atomic mass is 32.2. The van der Waals surface area contributed by atoms with Gasteiger partial charge in [-0.3, -0.25) is 9.59 Å². The Morgan fingerprint density at radius 2 is 1.88 bits per heavy atom. The van der Waals surface area contributed by atoms with E-state index >= 15 is 0 Å². The number of likely N-dealkylation sites (N-methyl/N-ethyl adjacent to an activating group) is 1. The van der Waals surface area contributed by atoms with Crippen LogP contribution >= 0.6 is 0 Å². The second-order valence-electron chi connectivity index (χ2n) is 5.99. The smallest absolute Gasteiger partial charge is 0.321 e. The fraction of sp³-hybridized carbons (Fsp3) is 0.529. The minimum Gasteiger partial charge on any atom is -0.452 e. The van der Waals surface area contributed by atoms with Gasteiger partial charge in [-0.15, -0.1) is 0 Å². The lowest BCUT2D eigenvalue weighted by Gasteiger charge is -2.17. The Morgan fingerprint density at radius 1 is 1.20 bits per heavy atom. The summed E-state index contributed by atoms with van der Waals surface area (Å²) in [5.41, 5.74) is 2.22. The highest BCUT2D eigenvalue weighted by Crippen LogP contribution is 2.23. The quantitative estimate of drug-likeness (QED) is 0.697. The average molecular weight is 368 g/mol. The van der Waals surface area contributed by atoms with Crippen molar-refractivity contribution in [2.75, 3.05) is 13.1 Å². The van der Waals surface area contributed by atoms with E-state index in [1.54, 1.807) is 19.1 Å². The molecule has 0 spiro atoms. The molecule has 2 rings (SSSR count). The van der Waals surface area contributed by atoms with Crippen LogP contribution in [-0.2, 0) is 37.2 Å². The summed E-state index contributed by atoms with van der Waals surface area (Å²) < 4.78 is 31.8. The number of amides is 1. The molecule has 0 bridgehead atoms. The van der Waals surface area contributed by atoms with Crippen LogP contribution in [0.3, 0.4) is 0 Å². The predicted octanol–water partition coefficient (Wildman–Crippen LogP) is 0.911. The second-order valence-corrected chi connectivity index (χ2v) is 7.76. The molecule has 25 heavy (non-hydrogen) atoms. The SMILES string of the molecule is CCNC(=O)[C@@H](C)OC(=O)CNS(=O)(=O)c1ccc2c(c1)CCCC2. The van der Waals surface area contributed by atoms with E-state index in [1.807, 2.05) is 6.07 Å². The molecular weight excluding hydrogens is 344 g/mol. The number of fused-ring (bicyclic) bond motifs is 1. The van der Waals surface area contributed by atoms with E-state index in [4.69, 9.17) is 4.74 Å². The Balaban J connectivity index is 1.95. The van der Waals surface area contributed by atoms with Crippen molar-refractivity contribution in [3.8, 4) is 0 Å². The van der Waals surface area contributed by atoms with E-state index in [-0.39, 0.29) is 4.90 Å². The topological polar surface area (TPSA) is 102 Å². The number of aryl methyl sites for hydroxylation is 2. The molecule has 0 aromatic heterocycles. The number of ether oxygens (including phenoxy) is 1. The first-order valence-corrected chi connectivity index (χ1v) is 9.90. The van der Waals surface area contributed by atoms with Crippen LogP contribution in [0.4, 0.5) is 0 Å². The first-order chi connectivity index (χ1) is 11.8. The van der Waals surface area contributed by atoms with Crippen molar-refractivity contribution in [1.82, 2.24) is 10.0 Å². The molecule has 0 aliphatic heterocycles. The minimum absolute atomic E-state index is 0.137. The summed E-state index contributed by atoms with van der Waals surface area (Å²) in [5, 5.41) is 2.52. The Bertz CT molecular complexity index is 745. The first-order valence-electron chi connectivity index (χ1n) is 8.42. The number of hydrogen-bond acceptors (Lipinski definition) is 5. The van der Waals surface area contributed by atoms with Gasteiger partial charge in [0.2, 0.25) is 10.0 Å². The van der Waals surface area contributed by atoms with Gasteiger partial charge in [0.25, 0.3) is 5.91 Å². The molecule has 0 radical (unpaired) electrons. The van der Waals surface area contributed by atoms with Crippen LogP contribution in [0, 0.1) is 0 Å². The average Bonchev–Trinajstić information content (AvgIpc) is 2.59. The van der Waals surface area contributed by atoms with Gasteiger partial charge < -0.3 is 10.1 Å². The summed E-state index contributed by atoms with van der Waals surface area (Å²) in [4.78, 5) is 23.4. The minimum atomic E-state index is -3.81. The number of hydrogen-bond donors (Lipinski definition) is 2. The monoisotopic (exact) mass is 368 g/mol. The maximum absolute atomic E-state index is 12.3. The van der Waals surface area contributed by atoms with Gasteiger partial charge in [-0.1, -0.05) is 6.07 Å². The van der Waals surface area contributed by atoms with Crippen LogP contribution in [0.5, 0.6) is 0 Å². The highest BCUT2D eigenvalue weighted by molar-refractivity contribution is 7.89. The maximum atomic E-state index is 12.3. The lowest BCUT2D eigenvalue weighted by Crippen LogP contribution is -2.38. The Morgan fingerprint density at radius 3 is 2.56 bits per heavy atom. The van der Waals surface area contributed by atoms with Crippen molar-refractivity contribution < 1.29 is 22.7 Å². The molecule has 7 nitrogen and oxygen atoms in total. The molecule has 2 N–H and O–H groups in total. The highest BCUT2D eigenvalue weighted by Gasteiger charge is 2.21. The van der Waals surface area contributed by atoms with E-state index in [0.717, 1.165) is 31.2 Å². The number of esters is 1. The summed E-state index contributed by atoms with van der Waals surface area (Å²) in [6.45, 7) is 3.08. The third-order valence-electron chi connectivity index (χ3n) is 4.07. The molecule has 0 heterocycles. The van der Waals surface area contributed by atoms with Gasteiger partial charge in [0.05, 0.1) is 4.90 Å². The summed E-state index contributed by atoms with van der Waals surface area (Å²) in [6, 6.07) is 5.05. The molecule has 8 heteroatoms. The van der Waals surface area contributed by atoms with E-state index in [2.05, 4.69) is 10.0 Å². The molecule has 1 aromatic rings. The molecule has 1 aromatic carbocycles. The zero-order chi connectivity index (χ0) is 18.4. The van der Waals surface area contributed by atoms with Crippen LogP contribution in [0.25, 0.3) is 0 Å². The fourth-order valence-electron chi connectivity index (χ4n) is 2.72. The Kier molecular flexibility index (Phi) is 6.55. The summed E-state index contributed by atoms with van der Waals surface area (Å²) in [6.07, 6.45) is 3.03. The number of nitrogens with one attached hydrogen (secondary N) is 2. The fourth-order valence-corrected chi connectivity index (χ4v) is 3.74. The first kappa shape index (κ1) is 19.4. The number of rotatable bonds is 7. The van der Waals surface area contributed by atoms with Crippen molar-refractivity contribution in [1.29, 1.82) is 0 Å². The van der Waals surface area contributed by atoms with Gasteiger partial charge >= 0.3 is 5.97 Å². The number of carbonyl (C=O) groups excluding carboxylic acids is 2. The van der Waals surface area contributed by atoms with Crippen LogP contribution in [0.2, 0.25) is 0 Å². The Labute approximate surface area is 148 Å². The molecule has 1 atom stereocenters.